The van der Waals surface area contributed by atoms with Crippen LogP contribution >= 0.6 is 0 Å². The van der Waals surface area contributed by atoms with Crippen molar-refractivity contribution in [1.29, 1.82) is 0 Å². The maximum atomic E-state index is 12.4. The fourth-order valence-corrected chi connectivity index (χ4v) is 2.73. The Balaban J connectivity index is 2.26. The zero-order valence-corrected chi connectivity index (χ0v) is 12.2. The number of hydrogen-bond donors (Lipinski definition) is 2. The van der Waals surface area contributed by atoms with E-state index in [1.807, 2.05) is 6.07 Å². The molecular formula is C18H15NO4. The van der Waals surface area contributed by atoms with Crippen LogP contribution in [0.1, 0.15) is 23.5 Å². The number of aromatic hydroxyl groups is 1. The molecule has 1 aromatic heterocycles. The average Bonchev–Trinajstić information content (AvgIpc) is 2.54. The van der Waals surface area contributed by atoms with E-state index < -0.39 is 17.5 Å². The number of rotatable bonds is 4. The number of hydrogen-bond acceptors (Lipinski definition) is 4. The number of primary amides is 1. The van der Waals surface area contributed by atoms with Crippen molar-refractivity contribution >= 4 is 16.9 Å². The highest BCUT2D eigenvalue weighted by Gasteiger charge is 2.26. The first kappa shape index (κ1) is 14.8. The molecule has 1 heterocycles. The van der Waals surface area contributed by atoms with Crippen molar-refractivity contribution in [3.63, 3.8) is 0 Å². The Morgan fingerprint density at radius 3 is 2.43 bits per heavy atom. The van der Waals surface area contributed by atoms with Crippen LogP contribution in [0.5, 0.6) is 5.75 Å². The van der Waals surface area contributed by atoms with Gasteiger partial charge in [-0.1, -0.05) is 42.5 Å². The first-order valence-electron chi connectivity index (χ1n) is 7.16. The number of fused-ring (bicyclic) bond motifs is 1. The third kappa shape index (κ3) is 2.81. The Kier molecular flexibility index (Phi) is 3.85. The molecule has 0 radical (unpaired) electrons. The van der Waals surface area contributed by atoms with Gasteiger partial charge in [-0.05, 0) is 17.7 Å². The van der Waals surface area contributed by atoms with Gasteiger partial charge in [0.25, 0.3) is 0 Å². The number of amides is 1. The van der Waals surface area contributed by atoms with Crippen LogP contribution in [-0.2, 0) is 4.79 Å². The molecule has 2 aromatic carbocycles. The second kappa shape index (κ2) is 5.96. The summed E-state index contributed by atoms with van der Waals surface area (Å²) in [5.74, 6) is -1.40. The standard InChI is InChI=1S/C18H15NO4/c19-15(20)10-13(11-6-2-1-3-7-11)16-17(21)12-8-4-5-9-14(12)23-18(16)22/h1-9,13,21H,10H2,(H2,19,20). The van der Waals surface area contributed by atoms with Crippen LogP contribution in [-0.4, -0.2) is 11.0 Å². The quantitative estimate of drug-likeness (QED) is 0.724. The van der Waals surface area contributed by atoms with Crippen molar-refractivity contribution in [1.82, 2.24) is 0 Å². The summed E-state index contributed by atoms with van der Waals surface area (Å²) in [4.78, 5) is 23.8. The molecule has 23 heavy (non-hydrogen) atoms. The molecule has 0 aliphatic heterocycles. The minimum atomic E-state index is -0.670. The van der Waals surface area contributed by atoms with Crippen LogP contribution in [0.3, 0.4) is 0 Å². The third-order valence-corrected chi connectivity index (χ3v) is 3.78. The summed E-state index contributed by atoms with van der Waals surface area (Å²) < 4.78 is 5.29. The number of benzene rings is 2. The van der Waals surface area contributed by atoms with E-state index >= 15 is 0 Å². The summed E-state index contributed by atoms with van der Waals surface area (Å²) in [6, 6.07) is 15.7. The Hall–Kier alpha value is -3.08. The molecule has 0 fully saturated rings. The minimum Gasteiger partial charge on any atom is -0.507 e. The van der Waals surface area contributed by atoms with E-state index in [4.69, 9.17) is 10.2 Å². The van der Waals surface area contributed by atoms with E-state index in [1.165, 1.54) is 0 Å². The smallest absolute Gasteiger partial charge is 0.343 e. The normalized spacial score (nSPS) is 12.2. The fourth-order valence-electron chi connectivity index (χ4n) is 2.73. The predicted molar refractivity (Wildman–Crippen MR) is 86.2 cm³/mol. The van der Waals surface area contributed by atoms with Crippen molar-refractivity contribution < 1.29 is 14.3 Å². The molecule has 1 atom stereocenters. The summed E-state index contributed by atoms with van der Waals surface area (Å²) in [6.07, 6.45) is -0.0966. The lowest BCUT2D eigenvalue weighted by atomic mass is 9.88. The summed E-state index contributed by atoms with van der Waals surface area (Å²) in [5.41, 5.74) is 5.72. The highest BCUT2D eigenvalue weighted by molar-refractivity contribution is 5.85. The van der Waals surface area contributed by atoms with Gasteiger partial charge < -0.3 is 15.3 Å². The lowest BCUT2D eigenvalue weighted by Gasteiger charge is -2.17. The van der Waals surface area contributed by atoms with E-state index in [1.54, 1.807) is 48.5 Å². The van der Waals surface area contributed by atoms with Gasteiger partial charge in [-0.3, -0.25) is 4.79 Å². The van der Waals surface area contributed by atoms with Crippen LogP contribution in [0.2, 0.25) is 0 Å². The van der Waals surface area contributed by atoms with Gasteiger partial charge in [0.1, 0.15) is 11.3 Å². The topological polar surface area (TPSA) is 93.5 Å². The van der Waals surface area contributed by atoms with Gasteiger partial charge in [0.15, 0.2) is 0 Å². The highest BCUT2D eigenvalue weighted by Crippen LogP contribution is 2.35. The zero-order valence-electron chi connectivity index (χ0n) is 12.2. The van der Waals surface area contributed by atoms with Crippen molar-refractivity contribution in [3.8, 4) is 5.75 Å². The van der Waals surface area contributed by atoms with Crippen molar-refractivity contribution in [3.05, 3.63) is 76.1 Å². The monoisotopic (exact) mass is 309 g/mol. The largest absolute Gasteiger partial charge is 0.507 e. The first-order valence-corrected chi connectivity index (χ1v) is 7.16. The Bertz CT molecular complexity index is 915. The molecule has 3 aromatic rings. The molecule has 0 bridgehead atoms. The van der Waals surface area contributed by atoms with Crippen LogP contribution in [0, 0.1) is 0 Å². The average molecular weight is 309 g/mol. The molecule has 0 aliphatic carbocycles. The Morgan fingerprint density at radius 1 is 1.09 bits per heavy atom. The molecule has 1 amide bonds. The van der Waals surface area contributed by atoms with Gasteiger partial charge in [-0.2, -0.15) is 0 Å². The maximum absolute atomic E-state index is 12.4. The Labute approximate surface area is 132 Å². The molecule has 1 unspecified atom stereocenters. The summed E-state index contributed by atoms with van der Waals surface area (Å²) in [6.45, 7) is 0. The second-order valence-corrected chi connectivity index (χ2v) is 5.28. The lowest BCUT2D eigenvalue weighted by Crippen LogP contribution is -2.21. The molecular weight excluding hydrogens is 294 g/mol. The van der Waals surface area contributed by atoms with Crippen LogP contribution in [0.15, 0.2) is 63.8 Å². The molecule has 3 rings (SSSR count). The SMILES string of the molecule is NC(=O)CC(c1ccccc1)c1c(O)c2ccccc2oc1=O. The van der Waals surface area contributed by atoms with E-state index in [-0.39, 0.29) is 17.7 Å². The van der Waals surface area contributed by atoms with Gasteiger partial charge in [0.2, 0.25) is 5.91 Å². The van der Waals surface area contributed by atoms with Gasteiger partial charge >= 0.3 is 5.63 Å². The molecule has 116 valence electrons. The van der Waals surface area contributed by atoms with Crippen molar-refractivity contribution in [2.24, 2.45) is 5.73 Å². The molecule has 0 spiro atoms. The van der Waals surface area contributed by atoms with Crippen molar-refractivity contribution in [2.75, 3.05) is 0 Å². The maximum Gasteiger partial charge on any atom is 0.343 e. The predicted octanol–water partition coefficient (Wildman–Crippen LogP) is 2.51. The minimum absolute atomic E-state index is 0.0497. The van der Waals surface area contributed by atoms with Crippen LogP contribution < -0.4 is 11.4 Å². The van der Waals surface area contributed by atoms with Gasteiger partial charge in [-0.25, -0.2) is 4.79 Å². The molecule has 0 saturated heterocycles. The molecule has 0 saturated carbocycles. The second-order valence-electron chi connectivity index (χ2n) is 5.28. The highest BCUT2D eigenvalue weighted by atomic mass is 16.4. The molecule has 5 nitrogen and oxygen atoms in total. The summed E-state index contributed by atoms with van der Waals surface area (Å²) >= 11 is 0. The summed E-state index contributed by atoms with van der Waals surface area (Å²) in [7, 11) is 0. The first-order chi connectivity index (χ1) is 11.1. The van der Waals surface area contributed by atoms with Crippen LogP contribution in [0.4, 0.5) is 0 Å². The van der Waals surface area contributed by atoms with E-state index in [9.17, 15) is 14.7 Å². The lowest BCUT2D eigenvalue weighted by molar-refractivity contribution is -0.118. The van der Waals surface area contributed by atoms with Crippen molar-refractivity contribution in [2.45, 2.75) is 12.3 Å². The van der Waals surface area contributed by atoms with Gasteiger partial charge in [0.05, 0.1) is 10.9 Å². The zero-order chi connectivity index (χ0) is 16.4. The molecule has 5 heteroatoms. The van der Waals surface area contributed by atoms with Gasteiger partial charge in [0, 0.05) is 12.3 Å². The Morgan fingerprint density at radius 2 is 1.74 bits per heavy atom. The molecule has 0 aliphatic rings. The molecule has 3 N–H and O–H groups in total. The number of para-hydroxylation sites is 1. The van der Waals surface area contributed by atoms with Gasteiger partial charge in [-0.15, -0.1) is 0 Å². The third-order valence-electron chi connectivity index (χ3n) is 3.78. The number of nitrogens with two attached hydrogens (primary N) is 1. The summed E-state index contributed by atoms with van der Waals surface area (Å²) in [5, 5.41) is 11.0. The number of carbonyl (C=O) groups is 1. The van der Waals surface area contributed by atoms with E-state index in [0.29, 0.717) is 16.5 Å². The number of carbonyl (C=O) groups excluding carboxylic acids is 1. The van der Waals surface area contributed by atoms with Crippen LogP contribution in [0.25, 0.3) is 11.0 Å². The fraction of sp³-hybridized carbons (Fsp3) is 0.111. The van der Waals surface area contributed by atoms with E-state index in [2.05, 4.69) is 0 Å². The van der Waals surface area contributed by atoms with E-state index in [0.717, 1.165) is 0 Å².